The third-order valence-corrected chi connectivity index (χ3v) is 5.53. The molecule has 132 valence electrons. The highest BCUT2D eigenvalue weighted by Crippen LogP contribution is 2.43. The molecule has 2 N–H and O–H groups in total. The van der Waals surface area contributed by atoms with Crippen molar-refractivity contribution in [2.75, 3.05) is 5.32 Å². The predicted octanol–water partition coefficient (Wildman–Crippen LogP) is 3.58. The molecule has 1 amide bonds. The van der Waals surface area contributed by atoms with Crippen molar-refractivity contribution in [3.63, 3.8) is 0 Å². The van der Waals surface area contributed by atoms with Crippen molar-refractivity contribution in [1.29, 1.82) is 0 Å². The highest BCUT2D eigenvalue weighted by molar-refractivity contribution is 7.12. The number of aryl methyl sites for hydroxylation is 1. The first-order chi connectivity index (χ1) is 10.7. The molecule has 2 aliphatic carbocycles. The number of nitrogens with one attached hydrogen (secondary N) is 2. The van der Waals surface area contributed by atoms with Crippen LogP contribution in [0.3, 0.4) is 0 Å². The molecule has 2 atom stereocenters. The monoisotopic (exact) mass is 388 g/mol. The molecule has 0 bridgehead atoms. The van der Waals surface area contributed by atoms with E-state index < -0.39 is 0 Å². The van der Waals surface area contributed by atoms with Gasteiger partial charge < -0.3 is 10.6 Å². The van der Waals surface area contributed by atoms with Crippen LogP contribution < -0.4 is 10.6 Å². The Kier molecular flexibility index (Phi) is 6.31. The molecule has 0 spiro atoms. The lowest BCUT2D eigenvalue weighted by Crippen LogP contribution is -2.37. The normalized spacial score (nSPS) is 22.0. The maximum absolute atomic E-state index is 12.2. The third kappa shape index (κ3) is 4.11. The second-order valence-electron chi connectivity index (χ2n) is 6.34. The lowest BCUT2D eigenvalue weighted by Gasteiger charge is -2.26. The summed E-state index contributed by atoms with van der Waals surface area (Å²) >= 11 is 1.53. The van der Waals surface area contributed by atoms with Gasteiger partial charge >= 0.3 is 0 Å². The summed E-state index contributed by atoms with van der Waals surface area (Å²) in [5.74, 6) is 0.546. The summed E-state index contributed by atoms with van der Waals surface area (Å²) in [6.07, 6.45) is 8.68. The maximum Gasteiger partial charge on any atom is 0.265 e. The molecule has 0 aromatic carbocycles. The molecule has 8 heteroatoms. The van der Waals surface area contributed by atoms with Gasteiger partial charge in [0, 0.05) is 31.2 Å². The van der Waals surface area contributed by atoms with Crippen molar-refractivity contribution in [2.24, 2.45) is 7.05 Å². The van der Waals surface area contributed by atoms with Crippen LogP contribution in [0, 0.1) is 0 Å². The number of halogens is 2. The highest BCUT2D eigenvalue weighted by Gasteiger charge is 2.40. The van der Waals surface area contributed by atoms with E-state index in [0.717, 1.165) is 16.6 Å². The second-order valence-corrected chi connectivity index (χ2v) is 7.26. The quantitative estimate of drug-likeness (QED) is 0.822. The van der Waals surface area contributed by atoms with Crippen molar-refractivity contribution in [3.8, 4) is 0 Å². The van der Waals surface area contributed by atoms with Gasteiger partial charge in [0.2, 0.25) is 0 Å². The zero-order valence-electron chi connectivity index (χ0n) is 13.4. The second kappa shape index (κ2) is 7.87. The minimum atomic E-state index is -0.0478. The molecule has 0 saturated heterocycles. The van der Waals surface area contributed by atoms with Gasteiger partial charge in [-0.3, -0.25) is 9.48 Å². The summed E-state index contributed by atoms with van der Waals surface area (Å²) < 4.78 is 1.68. The molecule has 2 aliphatic rings. The van der Waals surface area contributed by atoms with Crippen LogP contribution in [-0.2, 0) is 7.05 Å². The van der Waals surface area contributed by atoms with E-state index in [1.165, 1.54) is 42.6 Å². The number of amides is 1. The molecular weight excluding hydrogens is 367 g/mol. The van der Waals surface area contributed by atoms with E-state index >= 15 is 0 Å². The molecular formula is C16H22Cl2N4OS. The van der Waals surface area contributed by atoms with Crippen LogP contribution in [0.5, 0.6) is 0 Å². The van der Waals surface area contributed by atoms with Crippen molar-refractivity contribution in [2.45, 2.75) is 43.7 Å². The van der Waals surface area contributed by atoms with Crippen LogP contribution in [0.25, 0.3) is 0 Å². The molecule has 0 aliphatic heterocycles. The first kappa shape index (κ1) is 19.2. The van der Waals surface area contributed by atoms with Crippen molar-refractivity contribution in [1.82, 2.24) is 15.1 Å². The van der Waals surface area contributed by atoms with Crippen molar-refractivity contribution in [3.05, 3.63) is 34.3 Å². The fraction of sp³-hybridized carbons (Fsp3) is 0.500. The van der Waals surface area contributed by atoms with E-state index in [4.69, 9.17) is 0 Å². The van der Waals surface area contributed by atoms with E-state index in [1.54, 1.807) is 17.1 Å². The summed E-state index contributed by atoms with van der Waals surface area (Å²) in [6.45, 7) is 0. The summed E-state index contributed by atoms with van der Waals surface area (Å²) in [4.78, 5) is 13.0. The Morgan fingerprint density at radius 3 is 2.79 bits per heavy atom. The molecule has 2 fully saturated rings. The standard InChI is InChI=1S/C16H20N4OS.2ClH/c1-20-8-12(7-17-20)19-16(21)15-5-10(9-22-15)13-6-14(13)18-11-3-2-4-11;;/h5,7-9,11,13-14,18H,2-4,6H2,1H3,(H,19,21);2*1H/t13-,14+;;/m1../s1. The van der Waals surface area contributed by atoms with Crippen LogP contribution in [0.15, 0.2) is 23.8 Å². The summed E-state index contributed by atoms with van der Waals surface area (Å²) in [5, 5.41) is 12.8. The predicted molar refractivity (Wildman–Crippen MR) is 102 cm³/mol. The third-order valence-electron chi connectivity index (χ3n) is 4.58. The van der Waals surface area contributed by atoms with Gasteiger partial charge in [-0.1, -0.05) is 6.42 Å². The van der Waals surface area contributed by atoms with Crippen molar-refractivity contribution < 1.29 is 4.79 Å². The first-order valence-corrected chi connectivity index (χ1v) is 8.71. The summed E-state index contributed by atoms with van der Waals surface area (Å²) in [6, 6.07) is 3.40. The summed E-state index contributed by atoms with van der Waals surface area (Å²) in [7, 11) is 1.83. The molecule has 2 saturated carbocycles. The van der Waals surface area contributed by atoms with Gasteiger partial charge in [0.15, 0.2) is 0 Å². The molecule has 2 heterocycles. The maximum atomic E-state index is 12.2. The van der Waals surface area contributed by atoms with E-state index in [1.807, 2.05) is 13.1 Å². The number of carbonyl (C=O) groups excluding carboxylic acids is 1. The van der Waals surface area contributed by atoms with E-state index in [9.17, 15) is 4.79 Å². The number of thiophene rings is 1. The zero-order chi connectivity index (χ0) is 15.1. The number of hydrogen-bond donors (Lipinski definition) is 2. The number of aromatic nitrogens is 2. The van der Waals surface area contributed by atoms with Gasteiger partial charge in [0.25, 0.3) is 5.91 Å². The zero-order valence-corrected chi connectivity index (χ0v) is 15.8. The summed E-state index contributed by atoms with van der Waals surface area (Å²) in [5.41, 5.74) is 2.04. The highest BCUT2D eigenvalue weighted by atomic mass is 35.5. The molecule has 0 unspecified atom stereocenters. The number of nitrogens with zero attached hydrogens (tertiary/aromatic N) is 2. The fourth-order valence-corrected chi connectivity index (χ4v) is 3.84. The van der Waals surface area contributed by atoms with Crippen LogP contribution in [0.1, 0.15) is 46.8 Å². The van der Waals surface area contributed by atoms with Gasteiger partial charge in [0.1, 0.15) is 0 Å². The minimum Gasteiger partial charge on any atom is -0.319 e. The van der Waals surface area contributed by atoms with Crippen LogP contribution in [0.4, 0.5) is 5.69 Å². The Balaban J connectivity index is 0.00000104. The van der Waals surface area contributed by atoms with Gasteiger partial charge in [-0.25, -0.2) is 0 Å². The molecule has 4 rings (SSSR count). The van der Waals surface area contributed by atoms with Gasteiger partial charge in [-0.2, -0.15) is 5.10 Å². The Morgan fingerprint density at radius 1 is 1.38 bits per heavy atom. The SMILES string of the molecule is Cl.Cl.Cn1cc(NC(=O)c2cc([C@H]3C[C@@H]3NC3CCC3)cs2)cn1. The van der Waals surface area contributed by atoms with E-state index in [-0.39, 0.29) is 30.7 Å². The molecule has 2 aromatic heterocycles. The minimum absolute atomic E-state index is 0. The Labute approximate surface area is 158 Å². The number of anilines is 1. The fourth-order valence-electron chi connectivity index (χ4n) is 2.97. The van der Waals surface area contributed by atoms with Crippen LogP contribution in [0.2, 0.25) is 0 Å². The average Bonchev–Trinajstić information content (AvgIpc) is 2.84. The Hall–Kier alpha value is -1.08. The number of hydrogen-bond acceptors (Lipinski definition) is 4. The van der Waals surface area contributed by atoms with Gasteiger partial charge in [-0.15, -0.1) is 36.2 Å². The molecule has 5 nitrogen and oxygen atoms in total. The topological polar surface area (TPSA) is 59.0 Å². The number of carbonyl (C=O) groups is 1. The Bertz CT molecular complexity index is 698. The first-order valence-electron chi connectivity index (χ1n) is 7.83. The van der Waals surface area contributed by atoms with Crippen LogP contribution >= 0.6 is 36.2 Å². The molecule has 0 radical (unpaired) electrons. The Morgan fingerprint density at radius 2 is 2.17 bits per heavy atom. The average molecular weight is 389 g/mol. The lowest BCUT2D eigenvalue weighted by atomic mass is 9.93. The van der Waals surface area contributed by atoms with Crippen LogP contribution in [-0.4, -0.2) is 27.8 Å². The van der Waals surface area contributed by atoms with E-state index in [0.29, 0.717) is 12.0 Å². The van der Waals surface area contributed by atoms with E-state index in [2.05, 4.69) is 21.1 Å². The lowest BCUT2D eigenvalue weighted by molar-refractivity contribution is 0.103. The van der Waals surface area contributed by atoms with Gasteiger partial charge in [0.05, 0.1) is 16.8 Å². The molecule has 2 aromatic rings. The number of rotatable bonds is 5. The van der Waals surface area contributed by atoms with Gasteiger partial charge in [-0.05, 0) is 36.3 Å². The van der Waals surface area contributed by atoms with Crippen molar-refractivity contribution >= 4 is 47.7 Å². The smallest absolute Gasteiger partial charge is 0.265 e. The molecule has 24 heavy (non-hydrogen) atoms. The largest absolute Gasteiger partial charge is 0.319 e.